The number of benzene rings is 1. The van der Waals surface area contributed by atoms with Crippen LogP contribution in [0.5, 0.6) is 0 Å². The first-order chi connectivity index (χ1) is 13.2. The Morgan fingerprint density at radius 3 is 2.37 bits per heavy atom. The third-order valence-electron chi connectivity index (χ3n) is 4.11. The number of rotatable bonds is 3. The van der Waals surface area contributed by atoms with E-state index in [2.05, 4.69) is 15.2 Å². The lowest BCUT2D eigenvalue weighted by atomic mass is 10.2. The van der Waals surface area contributed by atoms with E-state index in [0.717, 1.165) is 5.56 Å². The maximum absolute atomic E-state index is 6.34. The number of fused-ring (bicyclic) bond motifs is 1. The van der Waals surface area contributed by atoms with Gasteiger partial charge >= 0.3 is 0 Å². The van der Waals surface area contributed by atoms with Crippen molar-refractivity contribution in [3.05, 3.63) is 71.2 Å². The molecule has 0 saturated carbocycles. The van der Waals surface area contributed by atoms with Crippen LogP contribution in [0.4, 0.5) is 0 Å². The topological polar surface area (TPSA) is 69.4 Å². The first kappa shape index (κ1) is 16.1. The van der Waals surface area contributed by atoms with Crippen LogP contribution in [0.1, 0.15) is 0 Å². The van der Waals surface area contributed by atoms with Crippen molar-refractivity contribution in [1.29, 1.82) is 0 Å². The lowest BCUT2D eigenvalue weighted by Gasteiger charge is -2.06. The summed E-state index contributed by atoms with van der Waals surface area (Å²) in [6.07, 6.45) is 5.02. The van der Waals surface area contributed by atoms with Crippen molar-refractivity contribution in [1.82, 2.24) is 19.6 Å². The molecule has 0 spiro atoms. The van der Waals surface area contributed by atoms with Gasteiger partial charge in [0.05, 0.1) is 23.2 Å². The molecule has 27 heavy (non-hydrogen) atoms. The largest absolute Gasteiger partial charge is 0.463 e. The smallest absolute Gasteiger partial charge is 0.254 e. The average Bonchev–Trinajstić information content (AvgIpc) is 3.41. The van der Waals surface area contributed by atoms with E-state index in [9.17, 15) is 0 Å². The Balaban J connectivity index is 1.79. The van der Waals surface area contributed by atoms with E-state index < -0.39 is 0 Å². The van der Waals surface area contributed by atoms with Crippen molar-refractivity contribution in [2.75, 3.05) is 0 Å². The number of aromatic nitrogens is 4. The fraction of sp³-hybridized carbons (Fsp3) is 0. The summed E-state index contributed by atoms with van der Waals surface area (Å²) in [7, 11) is 0. The van der Waals surface area contributed by atoms with Crippen LogP contribution >= 0.6 is 23.2 Å². The van der Waals surface area contributed by atoms with Crippen LogP contribution in [0.15, 0.2) is 70.0 Å². The fourth-order valence-corrected chi connectivity index (χ4v) is 3.42. The summed E-state index contributed by atoms with van der Waals surface area (Å²) in [5.74, 6) is 1.61. The van der Waals surface area contributed by atoms with Gasteiger partial charge in [0.2, 0.25) is 0 Å². The van der Waals surface area contributed by atoms with Crippen LogP contribution in [0, 0.1) is 0 Å². The van der Waals surface area contributed by atoms with Gasteiger partial charge in [0.1, 0.15) is 5.69 Å². The molecule has 132 valence electrons. The summed E-state index contributed by atoms with van der Waals surface area (Å²) in [6, 6.07) is 12.5. The van der Waals surface area contributed by atoms with Gasteiger partial charge in [-0.3, -0.25) is 4.40 Å². The number of halogens is 2. The monoisotopic (exact) mass is 396 g/mol. The molecule has 4 aromatic heterocycles. The molecule has 0 aliphatic rings. The minimum Gasteiger partial charge on any atom is -0.463 e. The van der Waals surface area contributed by atoms with Gasteiger partial charge in [0.15, 0.2) is 17.2 Å². The molecule has 0 aliphatic carbocycles. The summed E-state index contributed by atoms with van der Waals surface area (Å²) >= 11 is 12.3. The highest BCUT2D eigenvalue weighted by Crippen LogP contribution is 2.34. The van der Waals surface area contributed by atoms with Crippen LogP contribution in [0.25, 0.3) is 39.9 Å². The van der Waals surface area contributed by atoms with Crippen LogP contribution in [-0.2, 0) is 0 Å². The van der Waals surface area contributed by atoms with E-state index in [1.807, 2.05) is 28.8 Å². The molecule has 5 aromatic rings. The van der Waals surface area contributed by atoms with E-state index in [1.54, 1.807) is 36.8 Å². The van der Waals surface area contributed by atoms with Crippen molar-refractivity contribution in [3.63, 3.8) is 0 Å². The summed E-state index contributed by atoms with van der Waals surface area (Å²) < 4.78 is 12.9. The molecule has 0 aliphatic heterocycles. The lowest BCUT2D eigenvalue weighted by molar-refractivity contribution is 0.569. The summed E-state index contributed by atoms with van der Waals surface area (Å²) in [5, 5.41) is 9.60. The van der Waals surface area contributed by atoms with E-state index in [-0.39, 0.29) is 0 Å². The molecule has 0 radical (unpaired) electrons. The van der Waals surface area contributed by atoms with Gasteiger partial charge in [0.25, 0.3) is 5.78 Å². The molecule has 0 fully saturated rings. The zero-order valence-corrected chi connectivity index (χ0v) is 15.1. The van der Waals surface area contributed by atoms with E-state index in [0.29, 0.717) is 44.4 Å². The highest BCUT2D eigenvalue weighted by Gasteiger charge is 2.21. The molecule has 4 heterocycles. The molecule has 1 aromatic carbocycles. The third kappa shape index (κ3) is 2.70. The molecule has 8 heteroatoms. The average molecular weight is 397 g/mol. The number of nitrogens with zero attached hydrogens (tertiary/aromatic N) is 4. The summed E-state index contributed by atoms with van der Waals surface area (Å²) in [5.41, 5.74) is 2.63. The van der Waals surface area contributed by atoms with Crippen molar-refractivity contribution >= 4 is 29.0 Å². The van der Waals surface area contributed by atoms with E-state index in [4.69, 9.17) is 32.0 Å². The predicted molar refractivity (Wildman–Crippen MR) is 102 cm³/mol. The maximum atomic E-state index is 6.34. The predicted octanol–water partition coefficient (Wildman–Crippen LogP) is 5.62. The standard InChI is InChI=1S/C19H10Cl2N4O2/c20-11-5-6-12(13(21)9-11)14-10-25-18(16-4-2-8-27-16)17(15-3-1-7-26-15)23-24-19(25)22-14/h1-10H. The van der Waals surface area contributed by atoms with Gasteiger partial charge in [-0.15, -0.1) is 10.2 Å². The SMILES string of the molecule is Clc1ccc(-c2cn3c(-c4ccco4)c(-c4ccco4)nnc3n2)c(Cl)c1. The molecule has 0 bridgehead atoms. The Labute approximate surface area is 163 Å². The number of hydrogen-bond acceptors (Lipinski definition) is 5. The highest BCUT2D eigenvalue weighted by molar-refractivity contribution is 6.36. The van der Waals surface area contributed by atoms with Gasteiger partial charge in [-0.05, 0) is 42.5 Å². The maximum Gasteiger partial charge on any atom is 0.254 e. The number of hydrogen-bond donors (Lipinski definition) is 0. The molecule has 0 saturated heterocycles. The Morgan fingerprint density at radius 2 is 1.67 bits per heavy atom. The van der Waals surface area contributed by atoms with Gasteiger partial charge in [-0.2, -0.15) is 0 Å². The van der Waals surface area contributed by atoms with E-state index >= 15 is 0 Å². The summed E-state index contributed by atoms with van der Waals surface area (Å²) in [4.78, 5) is 4.56. The minimum atomic E-state index is 0.415. The Bertz CT molecular complexity index is 1240. The molecule has 0 amide bonds. The van der Waals surface area contributed by atoms with Crippen LogP contribution in [0.2, 0.25) is 10.0 Å². The lowest BCUT2D eigenvalue weighted by Crippen LogP contribution is -2.00. The Kier molecular flexibility index (Phi) is 3.74. The molecular weight excluding hydrogens is 387 g/mol. The van der Waals surface area contributed by atoms with Crippen LogP contribution in [-0.4, -0.2) is 19.6 Å². The van der Waals surface area contributed by atoms with Gasteiger partial charge in [0, 0.05) is 16.8 Å². The highest BCUT2D eigenvalue weighted by atomic mass is 35.5. The number of imidazole rings is 1. The van der Waals surface area contributed by atoms with Crippen LogP contribution < -0.4 is 0 Å². The zero-order valence-electron chi connectivity index (χ0n) is 13.6. The van der Waals surface area contributed by atoms with Gasteiger partial charge in [-0.1, -0.05) is 23.2 Å². The molecular formula is C19H10Cl2N4O2. The number of furan rings is 2. The Morgan fingerprint density at radius 1 is 0.889 bits per heavy atom. The summed E-state index contributed by atoms with van der Waals surface area (Å²) in [6.45, 7) is 0. The Hall–Kier alpha value is -3.09. The first-order valence-corrected chi connectivity index (χ1v) is 8.75. The normalized spacial score (nSPS) is 11.3. The van der Waals surface area contributed by atoms with Crippen molar-refractivity contribution in [2.45, 2.75) is 0 Å². The molecule has 6 nitrogen and oxygen atoms in total. The van der Waals surface area contributed by atoms with Crippen molar-refractivity contribution in [3.8, 4) is 34.2 Å². The van der Waals surface area contributed by atoms with Crippen molar-refractivity contribution in [2.24, 2.45) is 0 Å². The van der Waals surface area contributed by atoms with Crippen LogP contribution in [0.3, 0.4) is 0 Å². The second-order valence-corrected chi connectivity index (χ2v) is 6.62. The second kappa shape index (κ2) is 6.26. The zero-order chi connectivity index (χ0) is 18.4. The fourth-order valence-electron chi connectivity index (χ4n) is 2.92. The molecule has 0 atom stereocenters. The van der Waals surface area contributed by atoms with E-state index in [1.165, 1.54) is 0 Å². The first-order valence-electron chi connectivity index (χ1n) is 7.99. The molecule has 0 N–H and O–H groups in total. The van der Waals surface area contributed by atoms with Crippen molar-refractivity contribution < 1.29 is 8.83 Å². The molecule has 5 rings (SSSR count). The second-order valence-electron chi connectivity index (χ2n) is 5.77. The third-order valence-corrected chi connectivity index (χ3v) is 4.66. The van der Waals surface area contributed by atoms with Gasteiger partial charge < -0.3 is 8.83 Å². The minimum absolute atomic E-state index is 0.415. The van der Waals surface area contributed by atoms with Gasteiger partial charge in [-0.25, -0.2) is 4.98 Å². The molecule has 0 unspecified atom stereocenters. The quantitative estimate of drug-likeness (QED) is 0.395.